The Kier molecular flexibility index (Phi) is 9.94. The van der Waals surface area contributed by atoms with Crippen molar-refractivity contribution in [1.29, 1.82) is 0 Å². The molecule has 39 heavy (non-hydrogen) atoms. The number of hydroxylamine groups is 1. The Hall–Kier alpha value is -3.62. The Morgan fingerprint density at radius 3 is 2.62 bits per heavy atom. The number of benzene rings is 1. The molecule has 17 heteroatoms. The van der Waals surface area contributed by atoms with Gasteiger partial charge in [-0.05, 0) is 42.5 Å². The van der Waals surface area contributed by atoms with Gasteiger partial charge in [-0.3, -0.25) is 19.1 Å². The molecular weight excluding hydrogens is 539 g/mol. The van der Waals surface area contributed by atoms with E-state index in [9.17, 15) is 29.2 Å². The molecule has 1 aliphatic rings. The summed E-state index contributed by atoms with van der Waals surface area (Å²) in [5, 5.41) is 24.7. The molecule has 0 bridgehead atoms. The number of azide groups is 1. The lowest BCUT2D eigenvalue weighted by Gasteiger charge is -2.24. The van der Waals surface area contributed by atoms with Gasteiger partial charge in [0.15, 0.2) is 18.0 Å². The molecule has 3 unspecified atom stereocenters. The third-order valence-electron chi connectivity index (χ3n) is 5.79. The predicted molar refractivity (Wildman–Crippen MR) is 133 cm³/mol. The number of hydrogen-bond donors (Lipinski definition) is 3. The Labute approximate surface area is 222 Å². The zero-order chi connectivity index (χ0) is 28.7. The van der Waals surface area contributed by atoms with Gasteiger partial charge in [0.25, 0.3) is 5.56 Å². The van der Waals surface area contributed by atoms with E-state index >= 15 is 0 Å². The number of para-hydroxylation sites is 1. The highest BCUT2D eigenvalue weighted by molar-refractivity contribution is 7.36. The van der Waals surface area contributed by atoms with Crippen LogP contribution in [-0.2, 0) is 23.4 Å². The van der Waals surface area contributed by atoms with Crippen LogP contribution >= 0.6 is 8.18 Å². The average molecular weight is 567 g/mol. The molecule has 1 fully saturated rings. The maximum Gasteiger partial charge on any atom is 0.653 e. The third kappa shape index (κ3) is 6.88. The second kappa shape index (κ2) is 13.0. The molecule has 210 valence electrons. The van der Waals surface area contributed by atoms with Crippen molar-refractivity contribution in [2.45, 2.75) is 63.5 Å². The van der Waals surface area contributed by atoms with E-state index in [1.807, 2.05) is 11.9 Å². The summed E-state index contributed by atoms with van der Waals surface area (Å²) in [4.78, 5) is 47.2. The fraction of sp³-hybridized carbons (Fsp3) is 0.500. The molecule has 16 nitrogen and oxygen atoms in total. The summed E-state index contributed by atoms with van der Waals surface area (Å²) in [6, 6.07) is 7.81. The van der Waals surface area contributed by atoms with Crippen molar-refractivity contribution in [2.75, 3.05) is 6.61 Å². The van der Waals surface area contributed by atoms with Crippen LogP contribution in [0.5, 0.6) is 5.75 Å². The van der Waals surface area contributed by atoms with Crippen LogP contribution in [0.15, 0.2) is 57.3 Å². The van der Waals surface area contributed by atoms with Gasteiger partial charge in [0.2, 0.25) is 5.72 Å². The molecule has 1 aromatic carbocycles. The zero-order valence-electron chi connectivity index (χ0n) is 21.2. The number of aromatic nitrogens is 2. The van der Waals surface area contributed by atoms with Crippen LogP contribution in [0.4, 0.5) is 0 Å². The quantitative estimate of drug-likeness (QED) is 0.0833. The number of aliphatic hydroxyl groups excluding tert-OH is 2. The molecule has 1 saturated heterocycles. The molecule has 0 spiro atoms. The van der Waals surface area contributed by atoms with Crippen molar-refractivity contribution in [3.05, 3.63) is 73.9 Å². The lowest BCUT2D eigenvalue weighted by atomic mass is 10.1. The maximum atomic E-state index is 13.3. The number of aliphatic hydroxyl groups is 2. The molecular formula is C22H28N6O10P+. The number of nitrogens with one attached hydrogen (secondary N) is 1. The molecule has 3 N–H and O–H groups in total. The van der Waals surface area contributed by atoms with Crippen LogP contribution < -0.4 is 16.1 Å². The van der Waals surface area contributed by atoms with Gasteiger partial charge in [0.1, 0.15) is 23.6 Å². The summed E-state index contributed by atoms with van der Waals surface area (Å²) >= 11 is 0. The highest BCUT2D eigenvalue weighted by Crippen LogP contribution is 2.41. The first-order valence-electron chi connectivity index (χ1n) is 11.8. The van der Waals surface area contributed by atoms with Gasteiger partial charge in [0.05, 0.1) is 6.10 Å². The van der Waals surface area contributed by atoms with Gasteiger partial charge in [-0.2, -0.15) is 0 Å². The SMILES string of the molecule is CCC(C)OC(=O)C(C)N(Oc1ccccc1)[P+](=O)OC[C@@]1(N=[N+]=[N-])O[C@@H](n2ccc(=O)[nH]c2=O)[C@H](O)[C@@H]1O. The second-order valence-corrected chi connectivity index (χ2v) is 9.67. The fourth-order valence-electron chi connectivity index (χ4n) is 3.45. The molecule has 1 aliphatic heterocycles. The number of carbonyl (C=O) groups is 1. The number of ether oxygens (including phenoxy) is 2. The Bertz CT molecular complexity index is 1330. The van der Waals surface area contributed by atoms with Crippen LogP contribution in [-0.4, -0.2) is 67.3 Å². The topological polar surface area (TPSA) is 218 Å². The van der Waals surface area contributed by atoms with Crippen molar-refractivity contribution >= 4 is 14.1 Å². The standard InChI is InChI=1S/C22H27N6O10P/c1-4-13(2)36-20(32)14(3)28(38-15-8-6-5-7-9-15)39(34)35-12-22(25-26-23)18(31)17(30)19(37-22)27-11-10-16(29)24-21(27)33/h5-11,13-14,17-19,30-31H,4,12H2,1-3H3/p+1/t13?,14?,17-,18+,19-,22-/m1/s1. The first kappa shape index (κ1) is 29.9. The Balaban J connectivity index is 1.85. The highest BCUT2D eigenvalue weighted by Gasteiger charge is 2.57. The van der Waals surface area contributed by atoms with E-state index in [1.165, 1.54) is 19.1 Å². The van der Waals surface area contributed by atoms with Crippen molar-refractivity contribution in [3.63, 3.8) is 0 Å². The van der Waals surface area contributed by atoms with Crippen molar-refractivity contribution in [3.8, 4) is 5.75 Å². The number of carbonyl (C=O) groups excluding carboxylic acids is 1. The van der Waals surface area contributed by atoms with E-state index < -0.39 is 68.3 Å². The molecule has 7 atom stereocenters. The number of H-pyrrole nitrogens is 1. The minimum absolute atomic E-state index is 0.211. The van der Waals surface area contributed by atoms with Gasteiger partial charge in [-0.25, -0.2) is 4.79 Å². The van der Waals surface area contributed by atoms with Crippen LogP contribution in [0.2, 0.25) is 0 Å². The number of nitrogens with zero attached hydrogens (tertiary/aromatic N) is 5. The fourth-order valence-corrected chi connectivity index (χ4v) is 4.39. The first-order chi connectivity index (χ1) is 18.5. The molecule has 0 radical (unpaired) electrons. The van der Waals surface area contributed by atoms with Gasteiger partial charge >= 0.3 is 19.8 Å². The monoisotopic (exact) mass is 567 g/mol. The van der Waals surface area contributed by atoms with E-state index in [1.54, 1.807) is 25.1 Å². The van der Waals surface area contributed by atoms with E-state index in [4.69, 9.17) is 24.4 Å². The van der Waals surface area contributed by atoms with Crippen molar-refractivity contribution < 1.29 is 38.4 Å². The predicted octanol–water partition coefficient (Wildman–Crippen LogP) is 1.49. The average Bonchev–Trinajstić information content (AvgIpc) is 3.16. The van der Waals surface area contributed by atoms with Gasteiger partial charge in [0, 0.05) is 17.2 Å². The van der Waals surface area contributed by atoms with Crippen LogP contribution in [0, 0.1) is 0 Å². The number of hydrogen-bond acceptors (Lipinski definition) is 11. The van der Waals surface area contributed by atoms with Crippen LogP contribution in [0.25, 0.3) is 10.4 Å². The Morgan fingerprint density at radius 1 is 1.31 bits per heavy atom. The molecule has 2 aromatic rings. The van der Waals surface area contributed by atoms with E-state index in [-0.39, 0.29) is 5.75 Å². The summed E-state index contributed by atoms with van der Waals surface area (Å²) < 4.78 is 30.3. The van der Waals surface area contributed by atoms with Crippen molar-refractivity contribution in [2.24, 2.45) is 5.11 Å². The normalized spacial score (nSPS) is 24.5. The van der Waals surface area contributed by atoms with Crippen molar-refractivity contribution in [1.82, 2.24) is 14.4 Å². The maximum absolute atomic E-state index is 13.3. The van der Waals surface area contributed by atoms with Gasteiger partial charge < -0.3 is 24.5 Å². The van der Waals surface area contributed by atoms with Crippen LogP contribution in [0.1, 0.15) is 33.4 Å². The molecule has 1 aromatic heterocycles. The Morgan fingerprint density at radius 2 is 2.00 bits per heavy atom. The highest BCUT2D eigenvalue weighted by atomic mass is 31.1. The second-order valence-electron chi connectivity index (χ2n) is 8.55. The summed E-state index contributed by atoms with van der Waals surface area (Å²) in [5.74, 6) is -0.551. The smallest absolute Gasteiger partial charge is 0.461 e. The molecule has 3 rings (SSSR count). The van der Waals surface area contributed by atoms with Gasteiger partial charge in [-0.15, -0.1) is 4.52 Å². The lowest BCUT2D eigenvalue weighted by Crippen LogP contribution is -2.45. The van der Waals surface area contributed by atoms with Crippen LogP contribution in [0.3, 0.4) is 0 Å². The molecule has 2 heterocycles. The minimum atomic E-state index is -3.05. The summed E-state index contributed by atoms with van der Waals surface area (Å²) in [7, 11) is -3.05. The minimum Gasteiger partial charge on any atom is -0.461 e. The number of rotatable bonds is 12. The molecule has 0 saturated carbocycles. The van der Waals surface area contributed by atoms with E-state index in [0.29, 0.717) is 6.42 Å². The summed E-state index contributed by atoms with van der Waals surface area (Å²) in [6.45, 7) is 3.97. The first-order valence-corrected chi connectivity index (χ1v) is 12.9. The summed E-state index contributed by atoms with van der Waals surface area (Å²) in [5.41, 5.74) is 5.07. The summed E-state index contributed by atoms with van der Waals surface area (Å²) in [6.07, 6.45) is -4.29. The molecule has 0 amide bonds. The lowest BCUT2D eigenvalue weighted by molar-refractivity contribution is -0.160. The largest absolute Gasteiger partial charge is 0.653 e. The van der Waals surface area contributed by atoms with E-state index in [0.717, 1.165) is 21.7 Å². The van der Waals surface area contributed by atoms with Gasteiger partial charge in [-0.1, -0.05) is 30.2 Å². The zero-order valence-corrected chi connectivity index (χ0v) is 22.1. The number of esters is 1. The van der Waals surface area contributed by atoms with E-state index in [2.05, 4.69) is 10.0 Å². The third-order valence-corrected chi connectivity index (χ3v) is 6.89. The molecule has 0 aliphatic carbocycles. The number of aromatic amines is 1.